The zero-order valence-corrected chi connectivity index (χ0v) is 6.49. The SMILES string of the molecule is O=C(O)N1CC2CCCCC21. The Kier molecular flexibility index (Phi) is 1.51. The highest BCUT2D eigenvalue weighted by Gasteiger charge is 2.42. The highest BCUT2D eigenvalue weighted by molar-refractivity contribution is 5.66. The molecule has 2 fully saturated rings. The van der Waals surface area contributed by atoms with Crippen LogP contribution in [-0.4, -0.2) is 28.7 Å². The van der Waals surface area contributed by atoms with E-state index in [0.717, 1.165) is 13.0 Å². The summed E-state index contributed by atoms with van der Waals surface area (Å²) < 4.78 is 0. The summed E-state index contributed by atoms with van der Waals surface area (Å²) in [6.45, 7) is 0.792. The van der Waals surface area contributed by atoms with Crippen LogP contribution in [0, 0.1) is 5.92 Å². The van der Waals surface area contributed by atoms with Crippen LogP contribution >= 0.6 is 0 Å². The molecule has 62 valence electrons. The van der Waals surface area contributed by atoms with Crippen molar-refractivity contribution in [1.29, 1.82) is 0 Å². The number of carboxylic acid groups (broad SMARTS) is 1. The first-order valence-corrected chi connectivity index (χ1v) is 4.28. The molecule has 0 bridgehead atoms. The quantitative estimate of drug-likeness (QED) is 0.576. The van der Waals surface area contributed by atoms with E-state index >= 15 is 0 Å². The molecule has 1 heterocycles. The fourth-order valence-electron chi connectivity index (χ4n) is 2.28. The standard InChI is InChI=1S/C8H13NO2/c10-8(11)9-5-6-3-1-2-4-7(6)9/h6-7H,1-5H2,(H,10,11). The second kappa shape index (κ2) is 2.40. The number of amides is 1. The first-order chi connectivity index (χ1) is 5.29. The maximum absolute atomic E-state index is 10.6. The Bertz CT molecular complexity index is 181. The second-order valence-corrected chi connectivity index (χ2v) is 3.55. The van der Waals surface area contributed by atoms with Gasteiger partial charge in [-0.1, -0.05) is 12.8 Å². The first-order valence-electron chi connectivity index (χ1n) is 4.28. The topological polar surface area (TPSA) is 40.5 Å². The van der Waals surface area contributed by atoms with Gasteiger partial charge in [0.2, 0.25) is 0 Å². The van der Waals surface area contributed by atoms with Gasteiger partial charge in [-0.15, -0.1) is 0 Å². The van der Waals surface area contributed by atoms with Crippen molar-refractivity contribution in [3.63, 3.8) is 0 Å². The van der Waals surface area contributed by atoms with Crippen molar-refractivity contribution in [2.75, 3.05) is 6.54 Å². The van der Waals surface area contributed by atoms with E-state index in [-0.39, 0.29) is 0 Å². The summed E-state index contributed by atoms with van der Waals surface area (Å²) >= 11 is 0. The van der Waals surface area contributed by atoms with E-state index in [9.17, 15) is 4.79 Å². The highest BCUT2D eigenvalue weighted by atomic mass is 16.4. The number of hydrogen-bond acceptors (Lipinski definition) is 1. The summed E-state index contributed by atoms with van der Waals surface area (Å²) in [4.78, 5) is 12.1. The van der Waals surface area contributed by atoms with Gasteiger partial charge in [0, 0.05) is 12.6 Å². The van der Waals surface area contributed by atoms with Gasteiger partial charge in [0.15, 0.2) is 0 Å². The van der Waals surface area contributed by atoms with Crippen LogP contribution in [0.2, 0.25) is 0 Å². The molecule has 2 rings (SSSR count). The molecule has 2 atom stereocenters. The third-order valence-corrected chi connectivity index (χ3v) is 2.95. The van der Waals surface area contributed by atoms with Crippen molar-refractivity contribution in [2.24, 2.45) is 5.92 Å². The molecule has 1 N–H and O–H groups in total. The molecule has 2 aliphatic rings. The maximum Gasteiger partial charge on any atom is 0.407 e. The van der Waals surface area contributed by atoms with Crippen LogP contribution in [0.15, 0.2) is 0 Å². The zero-order chi connectivity index (χ0) is 7.84. The minimum absolute atomic E-state index is 0.376. The van der Waals surface area contributed by atoms with E-state index in [0.29, 0.717) is 12.0 Å². The van der Waals surface area contributed by atoms with Crippen LogP contribution in [0.25, 0.3) is 0 Å². The Morgan fingerprint density at radius 3 is 2.73 bits per heavy atom. The zero-order valence-electron chi connectivity index (χ0n) is 6.49. The van der Waals surface area contributed by atoms with Crippen molar-refractivity contribution < 1.29 is 9.90 Å². The van der Waals surface area contributed by atoms with Gasteiger partial charge in [-0.05, 0) is 18.8 Å². The lowest BCUT2D eigenvalue weighted by Crippen LogP contribution is -2.59. The summed E-state index contributed by atoms with van der Waals surface area (Å²) in [7, 11) is 0. The van der Waals surface area contributed by atoms with Crippen molar-refractivity contribution in [3.05, 3.63) is 0 Å². The maximum atomic E-state index is 10.6. The smallest absolute Gasteiger partial charge is 0.407 e. The van der Waals surface area contributed by atoms with E-state index in [1.54, 1.807) is 4.90 Å². The second-order valence-electron chi connectivity index (χ2n) is 3.55. The van der Waals surface area contributed by atoms with Gasteiger partial charge in [-0.25, -0.2) is 4.79 Å². The summed E-state index contributed by atoms with van der Waals surface area (Å²) in [5, 5.41) is 8.70. The normalized spacial score (nSPS) is 35.8. The summed E-state index contributed by atoms with van der Waals surface area (Å²) in [6, 6.07) is 0.376. The number of likely N-dealkylation sites (tertiary alicyclic amines) is 1. The molecule has 1 saturated carbocycles. The van der Waals surface area contributed by atoms with E-state index < -0.39 is 6.09 Å². The molecule has 0 aromatic rings. The summed E-state index contributed by atoms with van der Waals surface area (Å²) in [5.41, 5.74) is 0. The lowest BCUT2D eigenvalue weighted by molar-refractivity contribution is -0.00107. The van der Waals surface area contributed by atoms with E-state index in [1.807, 2.05) is 0 Å². The van der Waals surface area contributed by atoms with Gasteiger partial charge >= 0.3 is 6.09 Å². The van der Waals surface area contributed by atoms with Gasteiger partial charge in [0.1, 0.15) is 0 Å². The van der Waals surface area contributed by atoms with Crippen molar-refractivity contribution in [3.8, 4) is 0 Å². The predicted octanol–water partition coefficient (Wildman–Crippen LogP) is 1.54. The van der Waals surface area contributed by atoms with Crippen LogP contribution in [0.1, 0.15) is 25.7 Å². The van der Waals surface area contributed by atoms with Crippen LogP contribution in [0.5, 0.6) is 0 Å². The predicted molar refractivity (Wildman–Crippen MR) is 40.5 cm³/mol. The lowest BCUT2D eigenvalue weighted by atomic mass is 9.77. The van der Waals surface area contributed by atoms with Crippen LogP contribution in [0.3, 0.4) is 0 Å². The molecule has 0 aromatic carbocycles. The first kappa shape index (κ1) is 6.95. The van der Waals surface area contributed by atoms with Gasteiger partial charge in [-0.3, -0.25) is 0 Å². The van der Waals surface area contributed by atoms with Crippen molar-refractivity contribution in [2.45, 2.75) is 31.7 Å². The van der Waals surface area contributed by atoms with Gasteiger partial charge in [0.05, 0.1) is 0 Å². The number of carbonyl (C=O) groups is 1. The molecule has 3 heteroatoms. The van der Waals surface area contributed by atoms with Crippen LogP contribution in [-0.2, 0) is 0 Å². The van der Waals surface area contributed by atoms with E-state index in [4.69, 9.17) is 5.11 Å². The van der Waals surface area contributed by atoms with Crippen LogP contribution < -0.4 is 0 Å². The average molecular weight is 155 g/mol. The molecule has 1 aliphatic carbocycles. The molecule has 1 amide bonds. The Morgan fingerprint density at radius 2 is 2.09 bits per heavy atom. The molecule has 0 radical (unpaired) electrons. The lowest BCUT2D eigenvalue weighted by Gasteiger charge is -2.49. The molecule has 0 spiro atoms. The van der Waals surface area contributed by atoms with Gasteiger partial charge < -0.3 is 10.0 Å². The van der Waals surface area contributed by atoms with Gasteiger partial charge in [-0.2, -0.15) is 0 Å². The van der Waals surface area contributed by atoms with Crippen LogP contribution in [0.4, 0.5) is 4.79 Å². The largest absolute Gasteiger partial charge is 0.465 e. The third kappa shape index (κ3) is 0.988. The fourth-order valence-corrected chi connectivity index (χ4v) is 2.28. The third-order valence-electron chi connectivity index (χ3n) is 2.95. The van der Waals surface area contributed by atoms with Gasteiger partial charge in [0.25, 0.3) is 0 Å². The van der Waals surface area contributed by atoms with E-state index in [1.165, 1.54) is 19.3 Å². The molecule has 3 nitrogen and oxygen atoms in total. The number of rotatable bonds is 0. The Morgan fingerprint density at radius 1 is 1.36 bits per heavy atom. The molecular formula is C8H13NO2. The fraction of sp³-hybridized carbons (Fsp3) is 0.875. The molecular weight excluding hydrogens is 142 g/mol. The van der Waals surface area contributed by atoms with Crippen molar-refractivity contribution >= 4 is 6.09 Å². The molecule has 2 unspecified atom stereocenters. The molecule has 11 heavy (non-hydrogen) atoms. The molecule has 0 aromatic heterocycles. The van der Waals surface area contributed by atoms with Crippen molar-refractivity contribution in [1.82, 2.24) is 4.90 Å². The summed E-state index contributed by atoms with van der Waals surface area (Å²) in [6.07, 6.45) is 4.12. The molecule has 1 aliphatic heterocycles. The minimum atomic E-state index is -0.729. The number of nitrogens with zero attached hydrogens (tertiary/aromatic N) is 1. The number of fused-ring (bicyclic) bond motifs is 1. The monoisotopic (exact) mass is 155 g/mol. The minimum Gasteiger partial charge on any atom is -0.465 e. The molecule has 1 saturated heterocycles. The van der Waals surface area contributed by atoms with E-state index in [2.05, 4.69) is 0 Å². The highest BCUT2D eigenvalue weighted by Crippen LogP contribution is 2.36. The number of hydrogen-bond donors (Lipinski definition) is 1. The average Bonchev–Trinajstić information content (AvgIpc) is 1.90. The Balaban J connectivity index is 1.96. The summed E-state index contributed by atoms with van der Waals surface area (Å²) in [5.74, 6) is 0.694. The Hall–Kier alpha value is -0.730. The Labute approximate surface area is 66.0 Å².